The van der Waals surface area contributed by atoms with Crippen LogP contribution in [-0.2, 0) is 4.79 Å². The smallest absolute Gasteiger partial charge is 0.271 e. The normalized spacial score (nSPS) is 22.8. The highest BCUT2D eigenvalue weighted by atomic mass is 16.6. The Labute approximate surface area is 111 Å². The number of rotatable bonds is 3. The van der Waals surface area contributed by atoms with Crippen molar-refractivity contribution in [3.8, 4) is 0 Å². The van der Waals surface area contributed by atoms with Crippen molar-refractivity contribution in [2.24, 2.45) is 0 Å². The lowest BCUT2D eigenvalue weighted by atomic mass is 9.90. The van der Waals surface area contributed by atoms with Crippen molar-refractivity contribution in [1.82, 2.24) is 5.32 Å². The predicted molar refractivity (Wildman–Crippen MR) is 72.0 cm³/mol. The summed E-state index contributed by atoms with van der Waals surface area (Å²) in [7, 11) is 0. The maximum absolute atomic E-state index is 12.2. The lowest BCUT2D eigenvalue weighted by molar-refractivity contribution is -0.384. The van der Waals surface area contributed by atoms with Crippen molar-refractivity contribution in [2.75, 3.05) is 11.9 Å². The molecule has 0 aliphatic carbocycles. The van der Waals surface area contributed by atoms with Gasteiger partial charge in [0.25, 0.3) is 5.69 Å². The summed E-state index contributed by atoms with van der Waals surface area (Å²) < 4.78 is 0. The van der Waals surface area contributed by atoms with Crippen LogP contribution in [0.4, 0.5) is 11.4 Å². The molecule has 1 aliphatic heterocycles. The average molecular weight is 263 g/mol. The third-order valence-corrected chi connectivity index (χ3v) is 3.43. The van der Waals surface area contributed by atoms with E-state index in [4.69, 9.17) is 0 Å². The molecule has 1 fully saturated rings. The van der Waals surface area contributed by atoms with E-state index in [0.29, 0.717) is 5.69 Å². The SMILES string of the molecule is CC1(C(=O)Nc2cccc([N+](=O)[O-])c2)CCCCN1. The Balaban J connectivity index is 2.10. The fourth-order valence-corrected chi connectivity index (χ4v) is 2.22. The first-order chi connectivity index (χ1) is 9.01. The molecule has 0 radical (unpaired) electrons. The number of hydrogen-bond acceptors (Lipinski definition) is 4. The fraction of sp³-hybridized carbons (Fsp3) is 0.462. The second-order valence-electron chi connectivity index (χ2n) is 4.98. The largest absolute Gasteiger partial charge is 0.324 e. The quantitative estimate of drug-likeness (QED) is 0.645. The molecule has 0 saturated carbocycles. The third-order valence-electron chi connectivity index (χ3n) is 3.43. The highest BCUT2D eigenvalue weighted by Crippen LogP contribution is 2.22. The molecule has 0 aromatic heterocycles. The first-order valence-corrected chi connectivity index (χ1v) is 6.32. The zero-order valence-corrected chi connectivity index (χ0v) is 10.8. The van der Waals surface area contributed by atoms with Gasteiger partial charge in [0.15, 0.2) is 0 Å². The molecule has 1 unspecified atom stereocenters. The maximum atomic E-state index is 12.2. The van der Waals surface area contributed by atoms with E-state index in [-0.39, 0.29) is 11.6 Å². The van der Waals surface area contributed by atoms with Crippen molar-refractivity contribution in [3.63, 3.8) is 0 Å². The molecule has 1 atom stereocenters. The number of benzene rings is 1. The zero-order valence-electron chi connectivity index (χ0n) is 10.8. The molecule has 1 aromatic rings. The summed E-state index contributed by atoms with van der Waals surface area (Å²) in [5.74, 6) is -0.146. The van der Waals surface area contributed by atoms with Gasteiger partial charge in [-0.3, -0.25) is 14.9 Å². The number of carbonyl (C=O) groups is 1. The van der Waals surface area contributed by atoms with Gasteiger partial charge in [-0.1, -0.05) is 6.07 Å². The van der Waals surface area contributed by atoms with Crippen LogP contribution in [0.1, 0.15) is 26.2 Å². The van der Waals surface area contributed by atoms with Crippen molar-refractivity contribution in [1.29, 1.82) is 0 Å². The minimum absolute atomic E-state index is 0.0282. The molecule has 1 aromatic carbocycles. The monoisotopic (exact) mass is 263 g/mol. The second-order valence-corrected chi connectivity index (χ2v) is 4.98. The Morgan fingerprint density at radius 2 is 2.26 bits per heavy atom. The molecule has 6 heteroatoms. The molecule has 1 amide bonds. The number of nitro benzene ring substituents is 1. The van der Waals surface area contributed by atoms with Crippen molar-refractivity contribution < 1.29 is 9.72 Å². The Hall–Kier alpha value is -1.95. The van der Waals surface area contributed by atoms with Crippen LogP contribution < -0.4 is 10.6 Å². The first kappa shape index (κ1) is 13.5. The zero-order chi connectivity index (χ0) is 13.9. The van der Waals surface area contributed by atoms with Gasteiger partial charge < -0.3 is 10.6 Å². The van der Waals surface area contributed by atoms with Crippen LogP contribution >= 0.6 is 0 Å². The number of carbonyl (C=O) groups excluding carboxylic acids is 1. The third kappa shape index (κ3) is 3.08. The van der Waals surface area contributed by atoms with E-state index >= 15 is 0 Å². The summed E-state index contributed by atoms with van der Waals surface area (Å²) >= 11 is 0. The van der Waals surface area contributed by atoms with Crippen LogP contribution in [0.5, 0.6) is 0 Å². The Bertz CT molecular complexity index is 496. The molecule has 1 aliphatic rings. The minimum atomic E-state index is -0.594. The van der Waals surface area contributed by atoms with E-state index < -0.39 is 10.5 Å². The van der Waals surface area contributed by atoms with E-state index in [0.717, 1.165) is 25.8 Å². The number of amides is 1. The topological polar surface area (TPSA) is 84.3 Å². The van der Waals surface area contributed by atoms with Crippen molar-refractivity contribution in [2.45, 2.75) is 31.7 Å². The van der Waals surface area contributed by atoms with Gasteiger partial charge in [-0.25, -0.2) is 0 Å². The predicted octanol–water partition coefficient (Wildman–Crippen LogP) is 2.07. The van der Waals surface area contributed by atoms with Crippen molar-refractivity contribution in [3.05, 3.63) is 34.4 Å². The lowest BCUT2D eigenvalue weighted by Crippen LogP contribution is -2.54. The van der Waals surface area contributed by atoms with Crippen LogP contribution in [0.2, 0.25) is 0 Å². The van der Waals surface area contributed by atoms with Gasteiger partial charge in [0.1, 0.15) is 0 Å². The van der Waals surface area contributed by atoms with Crippen LogP contribution in [0, 0.1) is 10.1 Å². The van der Waals surface area contributed by atoms with Crippen LogP contribution in [0.15, 0.2) is 24.3 Å². The first-order valence-electron chi connectivity index (χ1n) is 6.32. The number of hydrogen-bond donors (Lipinski definition) is 2. The molecule has 0 spiro atoms. The molecule has 19 heavy (non-hydrogen) atoms. The van der Waals surface area contributed by atoms with Crippen LogP contribution in [0.25, 0.3) is 0 Å². The number of nitrogens with zero attached hydrogens (tertiary/aromatic N) is 1. The summed E-state index contributed by atoms with van der Waals surface area (Å²) in [6.07, 6.45) is 2.85. The maximum Gasteiger partial charge on any atom is 0.271 e. The fourth-order valence-electron chi connectivity index (χ4n) is 2.22. The molecule has 0 bridgehead atoms. The standard InChI is InChI=1S/C13H17N3O3/c1-13(7-2-3-8-14-13)12(17)15-10-5-4-6-11(9-10)16(18)19/h4-6,9,14H,2-3,7-8H2,1H3,(H,15,17). The number of nitrogens with one attached hydrogen (secondary N) is 2. The Kier molecular flexibility index (Phi) is 3.80. The summed E-state index contributed by atoms with van der Waals surface area (Å²) in [6, 6.07) is 5.97. The van der Waals surface area contributed by atoms with Gasteiger partial charge in [-0.15, -0.1) is 0 Å². The van der Waals surface area contributed by atoms with Crippen molar-refractivity contribution >= 4 is 17.3 Å². The van der Waals surface area contributed by atoms with Gasteiger partial charge >= 0.3 is 0 Å². The van der Waals surface area contributed by atoms with Gasteiger partial charge in [0, 0.05) is 17.8 Å². The van der Waals surface area contributed by atoms with Crippen LogP contribution in [0.3, 0.4) is 0 Å². The highest BCUT2D eigenvalue weighted by Gasteiger charge is 2.34. The van der Waals surface area contributed by atoms with Crippen LogP contribution in [-0.4, -0.2) is 22.9 Å². The Morgan fingerprint density at radius 1 is 1.47 bits per heavy atom. The lowest BCUT2D eigenvalue weighted by Gasteiger charge is -2.33. The minimum Gasteiger partial charge on any atom is -0.324 e. The summed E-state index contributed by atoms with van der Waals surface area (Å²) in [5, 5.41) is 16.6. The highest BCUT2D eigenvalue weighted by molar-refractivity contribution is 5.98. The van der Waals surface area contributed by atoms with Gasteiger partial charge in [0.05, 0.1) is 10.5 Å². The van der Waals surface area contributed by atoms with E-state index in [1.165, 1.54) is 12.1 Å². The number of anilines is 1. The molecule has 102 valence electrons. The van der Waals surface area contributed by atoms with E-state index in [2.05, 4.69) is 10.6 Å². The number of piperidine rings is 1. The number of non-ortho nitro benzene ring substituents is 1. The van der Waals surface area contributed by atoms with E-state index in [9.17, 15) is 14.9 Å². The van der Waals surface area contributed by atoms with E-state index in [1.54, 1.807) is 12.1 Å². The van der Waals surface area contributed by atoms with Gasteiger partial charge in [-0.2, -0.15) is 0 Å². The molecule has 2 rings (SSSR count). The second kappa shape index (κ2) is 5.36. The number of nitro groups is 1. The molecule has 1 saturated heterocycles. The summed E-state index contributed by atoms with van der Waals surface area (Å²) in [4.78, 5) is 22.4. The van der Waals surface area contributed by atoms with Gasteiger partial charge in [-0.05, 0) is 38.8 Å². The molecular formula is C13H17N3O3. The summed E-state index contributed by atoms with van der Waals surface area (Å²) in [5.41, 5.74) is -0.171. The van der Waals surface area contributed by atoms with Gasteiger partial charge in [0.2, 0.25) is 5.91 Å². The molecule has 6 nitrogen and oxygen atoms in total. The molecule has 1 heterocycles. The summed E-state index contributed by atoms with van der Waals surface area (Å²) in [6.45, 7) is 2.68. The molecular weight excluding hydrogens is 246 g/mol. The average Bonchev–Trinajstić information content (AvgIpc) is 2.40. The van der Waals surface area contributed by atoms with E-state index in [1.807, 2.05) is 6.92 Å². The Morgan fingerprint density at radius 3 is 2.89 bits per heavy atom. The molecule has 2 N–H and O–H groups in total.